The number of rotatable bonds is 0. The van der Waals surface area contributed by atoms with E-state index in [1.807, 2.05) is 24.3 Å². The molecule has 2 nitrogen and oxygen atoms in total. The van der Waals surface area contributed by atoms with Crippen LogP contribution in [-0.2, 0) is 0 Å². The number of fused-ring (bicyclic) bond motifs is 1. The molecule has 1 heterocycles. The second kappa shape index (κ2) is 2.85. The maximum absolute atomic E-state index is 8.59. The summed E-state index contributed by atoms with van der Waals surface area (Å²) in [5.41, 5.74) is 0.880. The third-order valence-electron chi connectivity index (χ3n) is 1.45. The van der Waals surface area contributed by atoms with Crippen molar-refractivity contribution in [1.29, 1.82) is 5.26 Å². The molecule has 0 amide bonds. The summed E-state index contributed by atoms with van der Waals surface area (Å²) in [6.45, 7) is 0. The molecule has 12 heavy (non-hydrogen) atoms. The molecular weight excluding hydrogens is 236 g/mol. The zero-order valence-electron chi connectivity index (χ0n) is 5.91. The van der Waals surface area contributed by atoms with Crippen LogP contribution in [0.1, 0.15) is 5.01 Å². The SMILES string of the molecule is N#Cc1nc2cc(Br)ccc2s1. The predicted octanol–water partition coefficient (Wildman–Crippen LogP) is 2.93. The minimum atomic E-state index is 0.517. The Kier molecular flexibility index (Phi) is 1.83. The third-order valence-corrected chi connectivity index (χ3v) is 2.88. The lowest BCUT2D eigenvalue weighted by molar-refractivity contribution is 1.40. The number of hydrogen-bond donors (Lipinski definition) is 0. The first-order valence-electron chi connectivity index (χ1n) is 3.26. The lowest BCUT2D eigenvalue weighted by Crippen LogP contribution is -1.69. The molecule has 1 aromatic heterocycles. The molecular formula is C8H3BrN2S. The van der Waals surface area contributed by atoms with Crippen LogP contribution in [-0.4, -0.2) is 4.98 Å². The standard InChI is InChI=1S/C8H3BrN2S/c9-5-1-2-7-6(3-5)11-8(4-10)12-7/h1-3H. The van der Waals surface area contributed by atoms with Crippen molar-refractivity contribution in [2.45, 2.75) is 0 Å². The summed E-state index contributed by atoms with van der Waals surface area (Å²) in [6.07, 6.45) is 0. The average molecular weight is 239 g/mol. The van der Waals surface area contributed by atoms with Crippen LogP contribution in [0.3, 0.4) is 0 Å². The van der Waals surface area contributed by atoms with E-state index in [0.29, 0.717) is 5.01 Å². The maximum atomic E-state index is 8.59. The summed E-state index contributed by atoms with van der Waals surface area (Å²) < 4.78 is 2.04. The summed E-state index contributed by atoms with van der Waals surface area (Å²) >= 11 is 4.76. The van der Waals surface area contributed by atoms with Crippen molar-refractivity contribution in [2.75, 3.05) is 0 Å². The van der Waals surface area contributed by atoms with Crippen molar-refractivity contribution in [2.24, 2.45) is 0 Å². The number of hydrogen-bond acceptors (Lipinski definition) is 3. The molecule has 0 fully saturated rings. The van der Waals surface area contributed by atoms with Crippen LogP contribution in [0, 0.1) is 11.3 Å². The van der Waals surface area contributed by atoms with Crippen molar-refractivity contribution in [1.82, 2.24) is 4.98 Å². The van der Waals surface area contributed by atoms with Gasteiger partial charge in [-0.3, -0.25) is 0 Å². The van der Waals surface area contributed by atoms with Gasteiger partial charge in [-0.2, -0.15) is 5.26 Å². The topological polar surface area (TPSA) is 36.7 Å². The van der Waals surface area contributed by atoms with Gasteiger partial charge in [-0.25, -0.2) is 4.98 Å². The summed E-state index contributed by atoms with van der Waals surface area (Å²) in [7, 11) is 0. The van der Waals surface area contributed by atoms with Gasteiger partial charge in [0.25, 0.3) is 0 Å². The fraction of sp³-hybridized carbons (Fsp3) is 0. The van der Waals surface area contributed by atoms with Crippen LogP contribution in [0.4, 0.5) is 0 Å². The minimum absolute atomic E-state index is 0.517. The minimum Gasteiger partial charge on any atom is -0.226 e. The van der Waals surface area contributed by atoms with Gasteiger partial charge >= 0.3 is 0 Å². The summed E-state index contributed by atoms with van der Waals surface area (Å²) in [6, 6.07) is 7.84. The van der Waals surface area contributed by atoms with Gasteiger partial charge in [0.2, 0.25) is 0 Å². The normalized spacial score (nSPS) is 10.0. The molecule has 4 heteroatoms. The van der Waals surface area contributed by atoms with E-state index in [4.69, 9.17) is 5.26 Å². The Balaban J connectivity index is 2.77. The zero-order valence-corrected chi connectivity index (χ0v) is 8.32. The lowest BCUT2D eigenvalue weighted by atomic mass is 10.3. The molecule has 58 valence electrons. The monoisotopic (exact) mass is 238 g/mol. The molecule has 0 atom stereocenters. The van der Waals surface area contributed by atoms with Crippen LogP contribution in [0.2, 0.25) is 0 Å². The molecule has 0 bridgehead atoms. The maximum Gasteiger partial charge on any atom is 0.195 e. The van der Waals surface area contributed by atoms with E-state index >= 15 is 0 Å². The molecule has 0 aliphatic rings. The molecule has 2 aromatic rings. The van der Waals surface area contributed by atoms with E-state index < -0.39 is 0 Å². The fourth-order valence-corrected chi connectivity index (χ4v) is 2.04. The highest BCUT2D eigenvalue weighted by Crippen LogP contribution is 2.24. The van der Waals surface area contributed by atoms with Gasteiger partial charge in [0.15, 0.2) is 5.01 Å². The highest BCUT2D eigenvalue weighted by atomic mass is 79.9. The first kappa shape index (κ1) is 7.71. The van der Waals surface area contributed by atoms with Gasteiger partial charge in [0.05, 0.1) is 10.2 Å². The molecule has 0 aliphatic heterocycles. The Hall–Kier alpha value is -0.920. The molecule has 0 saturated carbocycles. The fourth-order valence-electron chi connectivity index (χ4n) is 0.948. The van der Waals surface area contributed by atoms with Crippen LogP contribution >= 0.6 is 27.3 Å². The first-order valence-corrected chi connectivity index (χ1v) is 4.87. The van der Waals surface area contributed by atoms with E-state index in [0.717, 1.165) is 14.7 Å². The van der Waals surface area contributed by atoms with Crippen LogP contribution in [0.25, 0.3) is 10.2 Å². The van der Waals surface area contributed by atoms with Crippen LogP contribution < -0.4 is 0 Å². The number of thiazole rings is 1. The van der Waals surface area contributed by atoms with E-state index in [1.54, 1.807) is 0 Å². The molecule has 0 radical (unpaired) electrons. The van der Waals surface area contributed by atoms with E-state index in [1.165, 1.54) is 11.3 Å². The van der Waals surface area contributed by atoms with Gasteiger partial charge in [0, 0.05) is 4.47 Å². The highest BCUT2D eigenvalue weighted by molar-refractivity contribution is 9.10. The summed E-state index contributed by atoms with van der Waals surface area (Å²) in [5, 5.41) is 9.11. The Morgan fingerprint density at radius 1 is 1.50 bits per heavy atom. The first-order chi connectivity index (χ1) is 5.79. The van der Waals surface area contributed by atoms with E-state index in [2.05, 4.69) is 20.9 Å². The highest BCUT2D eigenvalue weighted by Gasteiger charge is 2.01. The third kappa shape index (κ3) is 1.22. The molecule has 0 aliphatic carbocycles. The quantitative estimate of drug-likeness (QED) is 0.708. The van der Waals surface area contributed by atoms with E-state index in [-0.39, 0.29) is 0 Å². The smallest absolute Gasteiger partial charge is 0.195 e. The van der Waals surface area contributed by atoms with Crippen molar-refractivity contribution >= 4 is 37.5 Å². The Morgan fingerprint density at radius 2 is 2.33 bits per heavy atom. The van der Waals surface area contributed by atoms with Crippen molar-refractivity contribution in [3.8, 4) is 6.07 Å². The van der Waals surface area contributed by atoms with Crippen LogP contribution in [0.5, 0.6) is 0 Å². The van der Waals surface area contributed by atoms with Crippen molar-refractivity contribution < 1.29 is 0 Å². The van der Waals surface area contributed by atoms with Gasteiger partial charge < -0.3 is 0 Å². The number of nitriles is 1. The molecule has 0 unspecified atom stereocenters. The number of benzene rings is 1. The predicted molar refractivity (Wildman–Crippen MR) is 52.0 cm³/mol. The molecule has 0 spiro atoms. The second-order valence-corrected chi connectivity index (χ2v) is 4.19. The van der Waals surface area contributed by atoms with Crippen molar-refractivity contribution in [3.05, 3.63) is 27.7 Å². The van der Waals surface area contributed by atoms with Gasteiger partial charge in [-0.1, -0.05) is 15.9 Å². The molecule has 0 saturated heterocycles. The van der Waals surface area contributed by atoms with Gasteiger partial charge in [-0.05, 0) is 18.2 Å². The Morgan fingerprint density at radius 3 is 3.08 bits per heavy atom. The molecule has 0 N–H and O–H groups in total. The largest absolute Gasteiger partial charge is 0.226 e. The number of halogens is 1. The van der Waals surface area contributed by atoms with Crippen LogP contribution in [0.15, 0.2) is 22.7 Å². The average Bonchev–Trinajstić information content (AvgIpc) is 2.46. The lowest BCUT2D eigenvalue weighted by Gasteiger charge is -1.86. The van der Waals surface area contributed by atoms with Gasteiger partial charge in [-0.15, -0.1) is 11.3 Å². The number of nitrogens with zero attached hydrogens (tertiary/aromatic N) is 2. The molecule has 1 aromatic carbocycles. The van der Waals surface area contributed by atoms with Crippen molar-refractivity contribution in [3.63, 3.8) is 0 Å². The van der Waals surface area contributed by atoms with Gasteiger partial charge in [0.1, 0.15) is 6.07 Å². The zero-order chi connectivity index (χ0) is 8.55. The second-order valence-electron chi connectivity index (χ2n) is 2.24. The number of aromatic nitrogens is 1. The summed E-state index contributed by atoms with van der Waals surface area (Å²) in [5.74, 6) is 0. The molecule has 2 rings (SSSR count). The Labute approximate surface area is 81.6 Å². The summed E-state index contributed by atoms with van der Waals surface area (Å²) in [4.78, 5) is 4.12. The Bertz CT molecular complexity index is 469. The van der Waals surface area contributed by atoms with E-state index in [9.17, 15) is 0 Å².